The minimum atomic E-state index is 0. The number of halogens is 1. The fourth-order valence-electron chi connectivity index (χ4n) is 2.63. The molecule has 2 rings (SSSR count). The van der Waals surface area contributed by atoms with Crippen LogP contribution in [0.15, 0.2) is 35.5 Å². The number of hydrogen-bond donors (Lipinski definition) is 2. The van der Waals surface area contributed by atoms with Crippen LogP contribution in [0, 0.1) is 6.92 Å². The van der Waals surface area contributed by atoms with Gasteiger partial charge in [0.15, 0.2) is 5.96 Å². The van der Waals surface area contributed by atoms with E-state index in [9.17, 15) is 0 Å². The maximum absolute atomic E-state index is 4.79. The van der Waals surface area contributed by atoms with Crippen LogP contribution in [-0.2, 0) is 19.5 Å². The van der Waals surface area contributed by atoms with Crippen molar-refractivity contribution in [1.82, 2.24) is 20.5 Å². The molecule has 2 N–H and O–H groups in total. The van der Waals surface area contributed by atoms with E-state index >= 15 is 0 Å². The fourth-order valence-corrected chi connectivity index (χ4v) is 3.41. The number of guanidine groups is 1. The first kappa shape index (κ1) is 24.8. The molecule has 28 heavy (non-hydrogen) atoms. The molecule has 0 aliphatic carbocycles. The van der Waals surface area contributed by atoms with Crippen molar-refractivity contribution in [1.29, 1.82) is 0 Å². The maximum atomic E-state index is 4.79. The van der Waals surface area contributed by atoms with Crippen LogP contribution in [0.5, 0.6) is 0 Å². The molecule has 0 aliphatic rings. The second kappa shape index (κ2) is 13.1. The van der Waals surface area contributed by atoms with Crippen molar-refractivity contribution >= 4 is 41.3 Å². The van der Waals surface area contributed by atoms with Gasteiger partial charge in [-0.2, -0.15) is 0 Å². The predicted molar refractivity (Wildman–Crippen MR) is 132 cm³/mol. The molecule has 1 heterocycles. The summed E-state index contributed by atoms with van der Waals surface area (Å²) in [4.78, 5) is 12.8. The van der Waals surface area contributed by atoms with E-state index < -0.39 is 0 Å². The van der Waals surface area contributed by atoms with Crippen molar-refractivity contribution in [2.45, 2.75) is 53.2 Å². The first-order valence-corrected chi connectivity index (χ1v) is 10.5. The first-order chi connectivity index (χ1) is 13.0. The number of aliphatic imine (C=N–C) groups is 1. The Labute approximate surface area is 191 Å². The van der Waals surface area contributed by atoms with Crippen LogP contribution >= 0.6 is 35.3 Å². The molecule has 7 heteroatoms. The highest BCUT2D eigenvalue weighted by molar-refractivity contribution is 14.0. The van der Waals surface area contributed by atoms with E-state index in [-0.39, 0.29) is 24.0 Å². The van der Waals surface area contributed by atoms with Crippen LogP contribution in [0.25, 0.3) is 0 Å². The van der Waals surface area contributed by atoms with Gasteiger partial charge in [0.05, 0.1) is 11.6 Å². The molecule has 0 saturated heterocycles. The summed E-state index contributed by atoms with van der Waals surface area (Å²) in [5.74, 6) is 0.859. The molecular weight excluding hydrogens is 481 g/mol. The Morgan fingerprint density at radius 2 is 1.93 bits per heavy atom. The molecule has 2 aromatic rings. The van der Waals surface area contributed by atoms with Crippen LogP contribution < -0.4 is 10.6 Å². The van der Waals surface area contributed by atoms with Gasteiger partial charge in [0.1, 0.15) is 0 Å². The molecule has 1 aromatic carbocycles. The monoisotopic (exact) mass is 515 g/mol. The summed E-state index contributed by atoms with van der Waals surface area (Å²) in [6.07, 6.45) is 2.85. The number of nitrogens with one attached hydrogen (secondary N) is 2. The van der Waals surface area contributed by atoms with Crippen LogP contribution in [-0.4, -0.2) is 42.0 Å². The summed E-state index contributed by atoms with van der Waals surface area (Å²) >= 11 is 1.76. The molecule has 5 nitrogen and oxygen atoms in total. The lowest BCUT2D eigenvalue weighted by atomic mass is 10.1. The molecule has 0 saturated carbocycles. The second-order valence-corrected chi connectivity index (χ2v) is 8.33. The Morgan fingerprint density at radius 1 is 1.21 bits per heavy atom. The topological polar surface area (TPSA) is 52.6 Å². The molecule has 0 unspecified atom stereocenters. The van der Waals surface area contributed by atoms with Gasteiger partial charge in [0, 0.05) is 43.2 Å². The van der Waals surface area contributed by atoms with Crippen LogP contribution in [0.4, 0.5) is 0 Å². The highest BCUT2D eigenvalue weighted by Gasteiger charge is 2.08. The zero-order valence-electron chi connectivity index (χ0n) is 17.7. The maximum Gasteiger partial charge on any atom is 0.191 e. The lowest BCUT2D eigenvalue weighted by Crippen LogP contribution is -2.38. The fraction of sp³-hybridized carbons (Fsp3) is 0.524. The summed E-state index contributed by atoms with van der Waals surface area (Å²) in [5.41, 5.74) is 2.62. The van der Waals surface area contributed by atoms with Crippen molar-refractivity contribution < 1.29 is 0 Å². The van der Waals surface area contributed by atoms with Crippen LogP contribution in [0.2, 0.25) is 0 Å². The normalized spacial score (nSPS) is 11.6. The summed E-state index contributed by atoms with van der Waals surface area (Å²) in [6, 6.07) is 9.10. The highest BCUT2D eigenvalue weighted by Crippen LogP contribution is 2.14. The van der Waals surface area contributed by atoms with E-state index in [2.05, 4.69) is 79.5 Å². The van der Waals surface area contributed by atoms with Gasteiger partial charge in [-0.3, -0.25) is 4.90 Å². The Morgan fingerprint density at radius 3 is 2.54 bits per heavy atom. The highest BCUT2D eigenvalue weighted by atomic mass is 127. The van der Waals surface area contributed by atoms with E-state index in [0.29, 0.717) is 12.6 Å². The first-order valence-electron chi connectivity index (χ1n) is 9.70. The predicted octanol–water partition coefficient (Wildman–Crippen LogP) is 4.21. The van der Waals surface area contributed by atoms with Crippen molar-refractivity contribution in [2.75, 3.05) is 20.1 Å². The Hall–Kier alpha value is -1.19. The van der Waals surface area contributed by atoms with Gasteiger partial charge >= 0.3 is 0 Å². The van der Waals surface area contributed by atoms with E-state index in [0.717, 1.165) is 37.0 Å². The SMILES string of the molecule is CCNC(=NCc1ccccc1CN(C)C(C)C)NCCc1ncc(C)s1.I. The molecular formula is C21H34IN5S. The third-order valence-corrected chi connectivity index (χ3v) is 5.44. The Bertz CT molecular complexity index is 729. The number of aryl methyl sites for hydroxylation is 1. The third kappa shape index (κ3) is 8.45. The van der Waals surface area contributed by atoms with Crippen molar-refractivity contribution in [2.24, 2.45) is 4.99 Å². The molecule has 156 valence electrons. The summed E-state index contributed by atoms with van der Waals surface area (Å²) in [7, 11) is 2.16. The lowest BCUT2D eigenvalue weighted by molar-refractivity contribution is 0.265. The number of nitrogens with zero attached hydrogens (tertiary/aromatic N) is 3. The van der Waals surface area contributed by atoms with Gasteiger partial charge in [-0.05, 0) is 45.9 Å². The van der Waals surface area contributed by atoms with E-state index in [1.54, 1.807) is 11.3 Å². The molecule has 0 amide bonds. The van der Waals surface area contributed by atoms with Gasteiger partial charge in [0.25, 0.3) is 0 Å². The molecule has 0 bridgehead atoms. The summed E-state index contributed by atoms with van der Waals surface area (Å²) < 4.78 is 0. The van der Waals surface area contributed by atoms with E-state index in [4.69, 9.17) is 4.99 Å². The van der Waals surface area contributed by atoms with E-state index in [1.807, 2.05) is 6.20 Å². The molecule has 0 fully saturated rings. The van der Waals surface area contributed by atoms with Gasteiger partial charge in [-0.25, -0.2) is 9.98 Å². The van der Waals surface area contributed by atoms with Gasteiger partial charge < -0.3 is 10.6 Å². The smallest absolute Gasteiger partial charge is 0.191 e. The number of rotatable bonds is 9. The zero-order valence-corrected chi connectivity index (χ0v) is 20.8. The molecule has 0 atom stereocenters. The third-order valence-electron chi connectivity index (χ3n) is 4.47. The van der Waals surface area contributed by atoms with Gasteiger partial charge in [-0.15, -0.1) is 35.3 Å². The summed E-state index contributed by atoms with van der Waals surface area (Å²) in [6.45, 7) is 11.9. The number of aromatic nitrogens is 1. The van der Waals surface area contributed by atoms with Crippen molar-refractivity contribution in [3.05, 3.63) is 51.5 Å². The number of benzene rings is 1. The summed E-state index contributed by atoms with van der Waals surface area (Å²) in [5, 5.41) is 7.92. The Balaban J connectivity index is 0.00000392. The minimum absolute atomic E-state index is 0. The molecule has 1 aromatic heterocycles. The minimum Gasteiger partial charge on any atom is -0.357 e. The second-order valence-electron chi connectivity index (χ2n) is 7.01. The Kier molecular flexibility index (Phi) is 11.6. The lowest BCUT2D eigenvalue weighted by Gasteiger charge is -2.22. The van der Waals surface area contributed by atoms with Crippen molar-refractivity contribution in [3.63, 3.8) is 0 Å². The molecule has 0 aliphatic heterocycles. The number of thiazole rings is 1. The average molecular weight is 516 g/mol. The zero-order chi connectivity index (χ0) is 19.6. The molecule has 0 spiro atoms. The van der Waals surface area contributed by atoms with Gasteiger partial charge in [0.2, 0.25) is 0 Å². The van der Waals surface area contributed by atoms with E-state index in [1.165, 1.54) is 16.0 Å². The number of hydrogen-bond acceptors (Lipinski definition) is 4. The molecule has 0 radical (unpaired) electrons. The van der Waals surface area contributed by atoms with Crippen LogP contribution in [0.3, 0.4) is 0 Å². The van der Waals surface area contributed by atoms with Crippen LogP contribution in [0.1, 0.15) is 41.8 Å². The average Bonchev–Trinajstić information content (AvgIpc) is 3.05. The van der Waals surface area contributed by atoms with Gasteiger partial charge in [-0.1, -0.05) is 24.3 Å². The quantitative estimate of drug-likeness (QED) is 0.299. The largest absolute Gasteiger partial charge is 0.357 e. The standard InChI is InChI=1S/C21H33N5S.HI/c1-6-22-21(23-12-11-20-24-13-17(4)27-20)25-14-18-9-7-8-10-19(18)15-26(5)16(2)3;/h7-10,13,16H,6,11-12,14-15H2,1-5H3,(H2,22,23,25);1H. The van der Waals surface area contributed by atoms with Crippen molar-refractivity contribution in [3.8, 4) is 0 Å².